The summed E-state index contributed by atoms with van der Waals surface area (Å²) in [7, 11) is -3.96. The molecule has 2 N–H and O–H groups in total. The lowest BCUT2D eigenvalue weighted by atomic mass is 9.86. The lowest BCUT2D eigenvalue weighted by molar-refractivity contribution is 0.456. The molecule has 38 heavy (non-hydrogen) atoms. The van der Waals surface area contributed by atoms with Crippen molar-refractivity contribution in [3.8, 4) is 22.9 Å². The summed E-state index contributed by atoms with van der Waals surface area (Å²) in [5.41, 5.74) is 9.99. The molecule has 8 heteroatoms. The number of nitrogens with one attached hydrogen (secondary N) is 2. The number of sulfonamides is 1. The predicted octanol–water partition coefficient (Wildman–Crippen LogP) is 6.77. The van der Waals surface area contributed by atoms with Gasteiger partial charge in [-0.15, -0.1) is 0 Å². The Hall–Kier alpha value is -3.91. The molecule has 6 bridgehead atoms. The molecule has 0 saturated heterocycles. The first kappa shape index (κ1) is 25.7. The van der Waals surface area contributed by atoms with E-state index in [1.54, 1.807) is 18.2 Å². The number of nitrogens with zero attached hydrogens (tertiary/aromatic N) is 2. The topological polar surface area (TPSA) is 93.2 Å². The molecule has 0 amide bonds. The standard InChI is InChI=1S/C30H32N4O3S/c1-7-26-28(27-20(5)18(3)17(2)19(4)21(27)6)32-30-33-29(26)37-24-12-8-10-22(14-24)16-31-23-11-9-13-25(15-23)38(35,36)34-30/h8-15,31H,7,16H2,1-6H3,(H,32,33,34). The minimum absolute atomic E-state index is 0.0338. The Morgan fingerprint density at radius 1 is 0.868 bits per heavy atom. The zero-order valence-corrected chi connectivity index (χ0v) is 23.4. The molecule has 196 valence electrons. The van der Waals surface area contributed by atoms with Gasteiger partial charge in [0.15, 0.2) is 0 Å². The highest BCUT2D eigenvalue weighted by Gasteiger charge is 2.25. The van der Waals surface area contributed by atoms with Gasteiger partial charge in [0.2, 0.25) is 11.8 Å². The van der Waals surface area contributed by atoms with Crippen molar-refractivity contribution in [3.63, 3.8) is 0 Å². The second-order valence-electron chi connectivity index (χ2n) is 9.77. The summed E-state index contributed by atoms with van der Waals surface area (Å²) in [5, 5.41) is 3.29. The summed E-state index contributed by atoms with van der Waals surface area (Å²) in [5.74, 6) is 0.919. The highest BCUT2D eigenvalue weighted by Crippen LogP contribution is 2.39. The van der Waals surface area contributed by atoms with E-state index in [4.69, 9.17) is 9.72 Å². The number of aromatic nitrogens is 2. The average molecular weight is 529 g/mol. The van der Waals surface area contributed by atoms with E-state index in [2.05, 4.69) is 49.6 Å². The van der Waals surface area contributed by atoms with Gasteiger partial charge in [0.25, 0.3) is 10.0 Å². The van der Waals surface area contributed by atoms with Crippen molar-refractivity contribution in [1.82, 2.24) is 9.97 Å². The molecule has 0 fully saturated rings. The molecule has 5 rings (SSSR count). The first-order valence-electron chi connectivity index (χ1n) is 12.7. The predicted molar refractivity (Wildman–Crippen MR) is 152 cm³/mol. The Morgan fingerprint density at radius 3 is 2.26 bits per heavy atom. The van der Waals surface area contributed by atoms with E-state index in [0.29, 0.717) is 36.0 Å². The fraction of sp³-hybridized carbons (Fsp3) is 0.267. The average Bonchev–Trinajstić information content (AvgIpc) is 2.89. The van der Waals surface area contributed by atoms with Crippen LogP contribution in [0.2, 0.25) is 0 Å². The molecule has 0 unspecified atom stereocenters. The highest BCUT2D eigenvalue weighted by atomic mass is 32.2. The van der Waals surface area contributed by atoms with Gasteiger partial charge in [0.05, 0.1) is 10.6 Å². The van der Waals surface area contributed by atoms with Crippen molar-refractivity contribution in [2.45, 2.75) is 59.4 Å². The molecule has 3 aromatic carbocycles. The van der Waals surface area contributed by atoms with Gasteiger partial charge in [-0.05, 0) is 105 Å². The molecule has 0 saturated carbocycles. The van der Waals surface area contributed by atoms with E-state index in [1.165, 1.54) is 16.7 Å². The second kappa shape index (κ2) is 9.76. The number of hydrogen-bond donors (Lipinski definition) is 2. The van der Waals surface area contributed by atoms with Gasteiger partial charge in [-0.2, -0.15) is 4.98 Å². The molecule has 1 aliphatic heterocycles. The van der Waals surface area contributed by atoms with Crippen LogP contribution < -0.4 is 14.8 Å². The van der Waals surface area contributed by atoms with Gasteiger partial charge < -0.3 is 10.1 Å². The van der Waals surface area contributed by atoms with Gasteiger partial charge in [0.1, 0.15) is 5.75 Å². The fourth-order valence-corrected chi connectivity index (χ4v) is 5.95. The van der Waals surface area contributed by atoms with Crippen LogP contribution in [0.15, 0.2) is 53.4 Å². The van der Waals surface area contributed by atoms with Gasteiger partial charge >= 0.3 is 0 Å². The quantitative estimate of drug-likeness (QED) is 0.298. The third kappa shape index (κ3) is 4.60. The molecule has 0 spiro atoms. The molecule has 0 radical (unpaired) electrons. The van der Waals surface area contributed by atoms with Crippen LogP contribution >= 0.6 is 0 Å². The van der Waals surface area contributed by atoms with Crippen molar-refractivity contribution < 1.29 is 13.2 Å². The summed E-state index contributed by atoms with van der Waals surface area (Å²) in [4.78, 5) is 9.53. The zero-order valence-electron chi connectivity index (χ0n) is 22.6. The molecule has 1 aliphatic rings. The van der Waals surface area contributed by atoms with Crippen molar-refractivity contribution in [1.29, 1.82) is 0 Å². The Labute approximate surface area is 224 Å². The minimum Gasteiger partial charge on any atom is -0.439 e. The van der Waals surface area contributed by atoms with Crippen LogP contribution in [0.3, 0.4) is 0 Å². The van der Waals surface area contributed by atoms with E-state index < -0.39 is 10.0 Å². The summed E-state index contributed by atoms with van der Waals surface area (Å²) >= 11 is 0. The molecule has 1 aromatic heterocycles. The summed E-state index contributed by atoms with van der Waals surface area (Å²) in [6.07, 6.45) is 0.603. The fourth-order valence-electron chi connectivity index (χ4n) is 4.96. The molecular weight excluding hydrogens is 496 g/mol. The third-order valence-electron chi connectivity index (χ3n) is 7.54. The molecule has 0 aliphatic carbocycles. The molecule has 4 aromatic rings. The van der Waals surface area contributed by atoms with Crippen LogP contribution in [0.5, 0.6) is 11.6 Å². The van der Waals surface area contributed by atoms with Crippen molar-refractivity contribution in [2.24, 2.45) is 0 Å². The lowest BCUT2D eigenvalue weighted by Gasteiger charge is -2.22. The summed E-state index contributed by atoms with van der Waals surface area (Å²) < 4.78 is 35.8. The van der Waals surface area contributed by atoms with Crippen molar-refractivity contribution >= 4 is 21.7 Å². The molecular formula is C30H32N4O3S. The van der Waals surface area contributed by atoms with E-state index >= 15 is 0 Å². The Kier molecular flexibility index (Phi) is 6.61. The molecule has 7 nitrogen and oxygen atoms in total. The van der Waals surface area contributed by atoms with Gasteiger partial charge in [-0.25, -0.2) is 18.1 Å². The van der Waals surface area contributed by atoms with Crippen LogP contribution in [-0.2, 0) is 23.0 Å². The SMILES string of the molecule is CCc1c2nc(nc1-c1c(C)c(C)c(C)c(C)c1C)NS(=O)(=O)c1cccc(c1)NCc1cccc(c1)O2. The van der Waals surface area contributed by atoms with Crippen LogP contribution in [-0.4, -0.2) is 18.4 Å². The Bertz CT molecular complexity index is 1650. The summed E-state index contributed by atoms with van der Waals surface area (Å²) in [6.45, 7) is 13.1. The monoisotopic (exact) mass is 528 g/mol. The molecule has 0 atom stereocenters. The van der Waals surface area contributed by atoms with Crippen molar-refractivity contribution in [2.75, 3.05) is 10.0 Å². The van der Waals surface area contributed by atoms with Crippen molar-refractivity contribution in [3.05, 3.63) is 87.5 Å². The third-order valence-corrected chi connectivity index (χ3v) is 8.86. The normalized spacial score (nSPS) is 14.1. The number of hydrogen-bond acceptors (Lipinski definition) is 6. The number of rotatable bonds is 2. The number of fused-ring (bicyclic) bond motifs is 6. The highest BCUT2D eigenvalue weighted by molar-refractivity contribution is 7.92. The van der Waals surface area contributed by atoms with Crippen LogP contribution in [0.4, 0.5) is 11.6 Å². The van der Waals surface area contributed by atoms with Crippen LogP contribution in [0, 0.1) is 34.6 Å². The number of benzene rings is 3. The first-order valence-corrected chi connectivity index (χ1v) is 14.2. The van der Waals surface area contributed by atoms with Gasteiger partial charge in [-0.3, -0.25) is 0 Å². The Balaban J connectivity index is 1.80. The van der Waals surface area contributed by atoms with E-state index in [1.807, 2.05) is 37.3 Å². The van der Waals surface area contributed by atoms with E-state index in [-0.39, 0.29) is 10.8 Å². The zero-order chi connectivity index (χ0) is 27.2. The van der Waals surface area contributed by atoms with E-state index in [9.17, 15) is 8.42 Å². The number of ether oxygens (including phenoxy) is 1. The van der Waals surface area contributed by atoms with Gasteiger partial charge in [-0.1, -0.05) is 25.1 Å². The van der Waals surface area contributed by atoms with Crippen LogP contribution in [0.25, 0.3) is 11.3 Å². The summed E-state index contributed by atoms with van der Waals surface area (Å²) in [6, 6.07) is 14.5. The lowest BCUT2D eigenvalue weighted by Crippen LogP contribution is -2.17. The smallest absolute Gasteiger partial charge is 0.264 e. The van der Waals surface area contributed by atoms with Gasteiger partial charge in [0, 0.05) is 23.4 Å². The maximum atomic E-state index is 13.4. The second-order valence-corrected chi connectivity index (χ2v) is 11.5. The maximum Gasteiger partial charge on any atom is 0.264 e. The maximum absolute atomic E-state index is 13.4. The largest absolute Gasteiger partial charge is 0.439 e. The Morgan fingerprint density at radius 2 is 1.55 bits per heavy atom. The van der Waals surface area contributed by atoms with E-state index in [0.717, 1.165) is 27.8 Å². The number of anilines is 2. The van der Waals surface area contributed by atoms with Crippen LogP contribution in [0.1, 0.15) is 45.9 Å². The first-order chi connectivity index (χ1) is 18.1. The molecule has 2 heterocycles. The minimum atomic E-state index is -3.96.